The molecule has 188 valence electrons. The molecule has 6 aromatic rings. The summed E-state index contributed by atoms with van der Waals surface area (Å²) in [5, 5.41) is 8.07. The van der Waals surface area contributed by atoms with E-state index in [1.165, 1.54) is 16.9 Å². The van der Waals surface area contributed by atoms with Gasteiger partial charge in [-0.15, -0.1) is 0 Å². The van der Waals surface area contributed by atoms with E-state index in [2.05, 4.69) is 74.7 Å². The highest BCUT2D eigenvalue weighted by Gasteiger charge is 2.04. The molecule has 6 heterocycles. The maximum absolute atomic E-state index is 4.15. The highest BCUT2D eigenvalue weighted by atomic mass is 15.3. The van der Waals surface area contributed by atoms with Crippen LogP contribution < -0.4 is 18.7 Å². The van der Waals surface area contributed by atoms with E-state index < -0.39 is 0 Å². The van der Waals surface area contributed by atoms with Crippen molar-refractivity contribution in [2.45, 2.75) is 35.1 Å². The zero-order chi connectivity index (χ0) is 24.8. The Balaban J connectivity index is 0.000000165. The number of rotatable bonds is 0. The van der Waals surface area contributed by atoms with Gasteiger partial charge in [0.15, 0.2) is 0 Å². The van der Waals surface area contributed by atoms with Gasteiger partial charge in [-0.25, -0.2) is 14.5 Å². The van der Waals surface area contributed by atoms with Crippen molar-refractivity contribution in [3.63, 3.8) is 0 Å². The van der Waals surface area contributed by atoms with E-state index in [1.807, 2.05) is 74.9 Å². The summed E-state index contributed by atoms with van der Waals surface area (Å²) in [5.41, 5.74) is 5.96. The van der Waals surface area contributed by atoms with Gasteiger partial charge in [-0.1, -0.05) is 25.8 Å². The van der Waals surface area contributed by atoms with Crippen LogP contribution in [0.1, 0.15) is 30.3 Å². The molecule has 0 aliphatic carbocycles. The summed E-state index contributed by atoms with van der Waals surface area (Å²) in [7, 11) is 7.81. The first kappa shape index (κ1) is 27.2. The van der Waals surface area contributed by atoms with E-state index in [-0.39, 0.29) is 7.43 Å². The van der Waals surface area contributed by atoms with Crippen LogP contribution in [0.2, 0.25) is 0 Å². The van der Waals surface area contributed by atoms with Gasteiger partial charge in [-0.05, 0) is 33.3 Å². The lowest BCUT2D eigenvalue weighted by atomic mass is 10.4. The Morgan fingerprint density at radius 2 is 1.77 bits per heavy atom. The molecule has 0 saturated carbocycles. The molecule has 0 fully saturated rings. The fraction of sp³-hybridized carbons (Fsp3) is 0.360. The van der Waals surface area contributed by atoms with Crippen molar-refractivity contribution in [1.82, 2.24) is 33.8 Å². The zero-order valence-electron chi connectivity index (χ0n) is 21.2. The largest absolute Gasteiger partial charge is 0.394 e. The van der Waals surface area contributed by atoms with Crippen molar-refractivity contribution in [1.29, 1.82) is 0 Å². The minimum atomic E-state index is 0. The minimum absolute atomic E-state index is 0. The van der Waals surface area contributed by atoms with Gasteiger partial charge in [0.05, 0.1) is 30.9 Å². The molecule has 10 heteroatoms. The minimum Gasteiger partial charge on any atom is -0.394 e. The smallest absolute Gasteiger partial charge is 0.322 e. The second kappa shape index (κ2) is 11.9. The Morgan fingerprint density at radius 3 is 2.23 bits per heavy atom. The van der Waals surface area contributed by atoms with Crippen LogP contribution in [0.15, 0.2) is 62.0 Å². The van der Waals surface area contributed by atoms with E-state index in [9.17, 15) is 0 Å². The number of nitrogens with zero attached hydrogens (tertiary/aromatic N) is 10. The van der Waals surface area contributed by atoms with Gasteiger partial charge >= 0.3 is 6.33 Å². The summed E-state index contributed by atoms with van der Waals surface area (Å²) in [6.45, 7) is 8.05. The van der Waals surface area contributed by atoms with Crippen LogP contribution in [0.25, 0.3) is 11.2 Å². The van der Waals surface area contributed by atoms with Gasteiger partial charge in [0.25, 0.3) is 0 Å². The number of fused-ring (bicyclic) bond motifs is 2. The average Bonchev–Trinajstić information content (AvgIpc) is 3.62. The standard InChI is InChI=1S/C8H10N2.C6H7N3.C6H10N2.C4H7N3.CH4/c1-7-8-4-3-5-10(8)6-9(7)2;1-8-5-9-4-2-3-6(9)7-8;1-5-6(2)8(3)4-7-5;1-4-5-3-7(2)6-4;/h3-6H,1-2H3;2-5H,1H3;4H,1-3H3;3H,1-2H3;1H4. The molecule has 35 heavy (non-hydrogen) atoms. The van der Waals surface area contributed by atoms with Crippen molar-refractivity contribution in [3.8, 4) is 0 Å². The highest BCUT2D eigenvalue weighted by Crippen LogP contribution is 1.99. The van der Waals surface area contributed by atoms with Crippen LogP contribution in [0, 0.1) is 27.7 Å². The van der Waals surface area contributed by atoms with Crippen LogP contribution in [0.3, 0.4) is 0 Å². The van der Waals surface area contributed by atoms with Crippen molar-refractivity contribution in [3.05, 3.63) is 84.9 Å². The molecule has 0 N–H and O–H groups in total. The second-order valence-electron chi connectivity index (χ2n) is 8.17. The van der Waals surface area contributed by atoms with Crippen molar-refractivity contribution >= 4 is 11.2 Å². The highest BCUT2D eigenvalue weighted by molar-refractivity contribution is 5.41. The molecule has 0 radical (unpaired) electrons. The molecular weight excluding hydrogens is 440 g/mol. The van der Waals surface area contributed by atoms with E-state index in [4.69, 9.17) is 0 Å². The first-order valence-electron chi connectivity index (χ1n) is 11.0. The molecule has 10 nitrogen and oxygen atoms in total. The van der Waals surface area contributed by atoms with E-state index in [0.29, 0.717) is 0 Å². The Kier molecular flexibility index (Phi) is 9.21. The molecular formula is C25H38N10. The fourth-order valence-electron chi connectivity index (χ4n) is 3.25. The van der Waals surface area contributed by atoms with Gasteiger partial charge in [-0.2, -0.15) is 17.2 Å². The molecule has 0 aromatic carbocycles. The third-order valence-corrected chi connectivity index (χ3v) is 5.48. The predicted molar refractivity (Wildman–Crippen MR) is 134 cm³/mol. The van der Waals surface area contributed by atoms with Gasteiger partial charge < -0.3 is 8.97 Å². The quantitative estimate of drug-likeness (QED) is 0.245. The zero-order valence-corrected chi connectivity index (χ0v) is 21.2. The summed E-state index contributed by atoms with van der Waals surface area (Å²) in [5.74, 6) is 0.822. The second-order valence-corrected chi connectivity index (χ2v) is 8.17. The Bertz CT molecular complexity index is 1390. The third kappa shape index (κ3) is 6.95. The van der Waals surface area contributed by atoms with Crippen LogP contribution >= 0.6 is 0 Å². The fourth-order valence-corrected chi connectivity index (χ4v) is 3.25. The molecule has 0 aliphatic heterocycles. The van der Waals surface area contributed by atoms with Crippen LogP contribution in [-0.2, 0) is 28.2 Å². The molecule has 0 spiro atoms. The summed E-state index contributed by atoms with van der Waals surface area (Å²) in [6, 6.07) is 8.12. The molecule has 0 bridgehead atoms. The molecule has 0 atom stereocenters. The lowest BCUT2D eigenvalue weighted by Gasteiger charge is -1.90. The predicted octanol–water partition coefficient (Wildman–Crippen LogP) is 1.51. The van der Waals surface area contributed by atoms with E-state index in [1.54, 1.807) is 15.7 Å². The summed E-state index contributed by atoms with van der Waals surface area (Å²) in [6.07, 6.45) is 11.5. The lowest BCUT2D eigenvalue weighted by Crippen LogP contribution is -2.30. The molecule has 6 rings (SSSR count). The number of hydrogen-bond acceptors (Lipinski definition) is 3. The number of hydrogen-bond donors (Lipinski definition) is 0. The molecule has 0 unspecified atom stereocenters. The normalized spacial score (nSPS) is 10.1. The van der Waals surface area contributed by atoms with E-state index in [0.717, 1.165) is 17.2 Å². The Labute approximate surface area is 207 Å². The van der Waals surface area contributed by atoms with Crippen LogP contribution in [0.5, 0.6) is 0 Å². The summed E-state index contributed by atoms with van der Waals surface area (Å²) in [4.78, 5) is 7.95. The van der Waals surface area contributed by atoms with Gasteiger partial charge in [0, 0.05) is 26.0 Å². The lowest BCUT2D eigenvalue weighted by molar-refractivity contribution is -0.731. The van der Waals surface area contributed by atoms with Gasteiger partial charge in [-0.3, -0.25) is 18.9 Å². The monoisotopic (exact) mass is 478 g/mol. The van der Waals surface area contributed by atoms with Crippen molar-refractivity contribution in [2.75, 3.05) is 0 Å². The maximum Gasteiger partial charge on any atom is 0.322 e. The first-order chi connectivity index (χ1) is 16.2. The average molecular weight is 479 g/mol. The van der Waals surface area contributed by atoms with Crippen molar-refractivity contribution in [2.24, 2.45) is 28.2 Å². The molecule has 0 saturated heterocycles. The van der Waals surface area contributed by atoms with Crippen molar-refractivity contribution < 1.29 is 13.6 Å². The number of aryl methyl sites for hydroxylation is 7. The topological polar surface area (TPSA) is 78.9 Å². The molecule has 0 aliphatic rings. The van der Waals surface area contributed by atoms with Crippen LogP contribution in [0.4, 0.5) is 0 Å². The summed E-state index contributed by atoms with van der Waals surface area (Å²) < 4.78 is 11.7. The number of aromatic nitrogens is 10. The third-order valence-electron chi connectivity index (χ3n) is 5.48. The van der Waals surface area contributed by atoms with Gasteiger partial charge in [0.2, 0.25) is 0 Å². The SMILES string of the molecule is C.C[c-]1[c-]2ccc[n+]2c[n+]1C.C[n+]1cn2cccc2[n-]1.Cc1ncn(C)c1C.Cc1ncn(C)n1. The Hall–Kier alpha value is -4.08. The first-order valence-corrected chi connectivity index (χ1v) is 11.0. The van der Waals surface area contributed by atoms with Gasteiger partial charge in [0.1, 0.15) is 24.9 Å². The molecule has 6 aromatic heterocycles. The maximum atomic E-state index is 4.15. The summed E-state index contributed by atoms with van der Waals surface area (Å²) >= 11 is 0. The molecule has 0 amide bonds. The Morgan fingerprint density at radius 1 is 1.03 bits per heavy atom. The van der Waals surface area contributed by atoms with E-state index >= 15 is 0 Å². The number of imidazole rings is 2. The van der Waals surface area contributed by atoms with Crippen LogP contribution in [-0.4, -0.2) is 28.7 Å².